The van der Waals surface area contributed by atoms with Crippen molar-refractivity contribution in [2.45, 2.75) is 105 Å². The molecule has 0 aromatic heterocycles. The first-order valence-electron chi connectivity index (χ1n) is 17.7. The van der Waals surface area contributed by atoms with Crippen LogP contribution in [-0.2, 0) is 9.47 Å². The Kier molecular flexibility index (Phi) is 18.7. The van der Waals surface area contributed by atoms with Gasteiger partial charge < -0.3 is 9.47 Å². The minimum Gasteiger partial charge on any atom is -0.456 e. The van der Waals surface area contributed by atoms with Crippen LogP contribution in [-0.4, -0.2) is 34.7 Å². The first-order valence-corrected chi connectivity index (χ1v) is 19.3. The normalized spacial score (nSPS) is 11.5. The van der Waals surface area contributed by atoms with Crippen molar-refractivity contribution in [2.75, 3.05) is 0 Å². The van der Waals surface area contributed by atoms with Crippen LogP contribution in [0.25, 0.3) is 0 Å². The van der Waals surface area contributed by atoms with E-state index in [1.807, 2.05) is 65.8 Å². The van der Waals surface area contributed by atoms with E-state index in [-0.39, 0.29) is 29.4 Å². The molecule has 0 radical (unpaired) electrons. The van der Waals surface area contributed by atoms with Crippen molar-refractivity contribution >= 4 is 62.6 Å². The lowest BCUT2D eigenvalue weighted by atomic mass is 9.87. The topological polar surface area (TPSA) is 86.7 Å². The van der Waals surface area contributed by atoms with Crippen LogP contribution in [0.5, 0.6) is 0 Å². The highest BCUT2D eigenvalue weighted by atomic mass is 79.9. The van der Waals surface area contributed by atoms with Crippen LogP contribution >= 0.6 is 39.1 Å². The molecule has 4 aromatic carbocycles. The molecule has 0 aliphatic rings. The third-order valence-corrected chi connectivity index (χ3v) is 8.41. The van der Waals surface area contributed by atoms with Crippen LogP contribution in [0.1, 0.15) is 140 Å². The lowest BCUT2D eigenvalue weighted by Crippen LogP contribution is -2.23. The fourth-order valence-electron chi connectivity index (χ4n) is 4.78. The second-order valence-corrected chi connectivity index (χ2v) is 16.2. The first-order chi connectivity index (χ1) is 24.8. The minimum atomic E-state index is -0.537. The molecule has 284 valence electrons. The average molecular weight is 827 g/mol. The molecule has 0 fully saturated rings. The molecular weight excluding hydrogens is 775 g/mol. The molecule has 4 aromatic rings. The summed E-state index contributed by atoms with van der Waals surface area (Å²) in [4.78, 5) is 48.1. The van der Waals surface area contributed by atoms with Crippen LogP contribution in [0.15, 0.2) is 102 Å². The van der Waals surface area contributed by atoms with Crippen molar-refractivity contribution < 1.29 is 28.7 Å². The number of benzene rings is 4. The molecule has 53 heavy (non-hydrogen) atoms. The number of ketones is 2. The van der Waals surface area contributed by atoms with E-state index in [9.17, 15) is 19.2 Å². The summed E-state index contributed by atoms with van der Waals surface area (Å²) in [5.74, 6) is -0.619. The van der Waals surface area contributed by atoms with Gasteiger partial charge in [-0.05, 0) is 145 Å². The second kappa shape index (κ2) is 21.8. The van der Waals surface area contributed by atoms with E-state index in [0.29, 0.717) is 33.2 Å². The van der Waals surface area contributed by atoms with Gasteiger partial charge in [0.25, 0.3) is 0 Å². The summed E-state index contributed by atoms with van der Waals surface area (Å²) in [6.07, 6.45) is 4.28. The summed E-state index contributed by atoms with van der Waals surface area (Å²) in [7, 11) is 0. The predicted octanol–water partition coefficient (Wildman–Crippen LogP) is 13.2. The molecule has 0 bridgehead atoms. The van der Waals surface area contributed by atoms with Crippen molar-refractivity contribution in [3.63, 3.8) is 0 Å². The Bertz CT molecular complexity index is 1750. The Morgan fingerprint density at radius 1 is 0.585 bits per heavy atom. The maximum absolute atomic E-state index is 12.9. The first kappa shape index (κ1) is 45.4. The Hall–Kier alpha value is -3.78. The largest absolute Gasteiger partial charge is 0.456 e. The third kappa shape index (κ3) is 17.3. The zero-order valence-corrected chi connectivity index (χ0v) is 35.0. The van der Waals surface area contributed by atoms with E-state index in [0.717, 1.165) is 41.3 Å². The minimum absolute atomic E-state index is 0.0635. The summed E-state index contributed by atoms with van der Waals surface area (Å²) in [6, 6.07) is 28.2. The van der Waals surface area contributed by atoms with Crippen molar-refractivity contribution in [1.29, 1.82) is 0 Å². The Morgan fingerprint density at radius 2 is 0.981 bits per heavy atom. The lowest BCUT2D eigenvalue weighted by Gasteiger charge is -2.20. The van der Waals surface area contributed by atoms with Gasteiger partial charge in [-0.25, -0.2) is 9.59 Å². The molecule has 0 aliphatic carbocycles. The lowest BCUT2D eigenvalue weighted by molar-refractivity contribution is 0.00570. The van der Waals surface area contributed by atoms with Gasteiger partial charge in [0, 0.05) is 38.0 Å². The van der Waals surface area contributed by atoms with Crippen LogP contribution < -0.4 is 0 Å². The van der Waals surface area contributed by atoms with E-state index >= 15 is 0 Å². The smallest absolute Gasteiger partial charge is 0.338 e. The predicted molar refractivity (Wildman–Crippen MR) is 220 cm³/mol. The molecule has 0 amide bonds. The van der Waals surface area contributed by atoms with Gasteiger partial charge in [0.2, 0.25) is 0 Å². The van der Waals surface area contributed by atoms with Crippen molar-refractivity contribution in [3.8, 4) is 0 Å². The molecule has 4 rings (SSSR count). The van der Waals surface area contributed by atoms with Gasteiger partial charge in [0.05, 0.1) is 11.1 Å². The van der Waals surface area contributed by atoms with Crippen molar-refractivity contribution in [1.82, 2.24) is 0 Å². The summed E-state index contributed by atoms with van der Waals surface area (Å²) < 4.78 is 11.5. The number of carbonyl (C=O) groups excluding carboxylic acids is 4. The van der Waals surface area contributed by atoms with Gasteiger partial charge in [0.15, 0.2) is 11.6 Å². The van der Waals surface area contributed by atoms with E-state index in [4.69, 9.17) is 32.7 Å². The van der Waals surface area contributed by atoms with Gasteiger partial charge in [-0.1, -0.05) is 78.0 Å². The highest BCUT2D eigenvalue weighted by molar-refractivity contribution is 9.10. The molecule has 0 spiro atoms. The SMILES string of the molecule is CC(C)(C)OC(=O)c1ccc(Br)cc1.CCCC(C(=O)c1ccc(Cl)cc1)c1ccc(C(=O)OC(C)(C)C)cc1.CCCCC(=O)c1ccc(Cl)cc1. The number of halogens is 3. The van der Waals surface area contributed by atoms with Crippen molar-refractivity contribution in [2.24, 2.45) is 0 Å². The highest BCUT2D eigenvalue weighted by Crippen LogP contribution is 2.27. The zero-order chi connectivity index (χ0) is 39.8. The molecule has 0 saturated carbocycles. The molecule has 0 aliphatic heterocycles. The second-order valence-electron chi connectivity index (χ2n) is 14.4. The summed E-state index contributed by atoms with van der Waals surface area (Å²) in [5, 5.41) is 1.28. The quantitative estimate of drug-likeness (QED) is 0.111. The van der Waals surface area contributed by atoms with Gasteiger partial charge in [0.1, 0.15) is 11.2 Å². The maximum Gasteiger partial charge on any atom is 0.338 e. The number of rotatable bonds is 11. The van der Waals surface area contributed by atoms with Gasteiger partial charge in [-0.3, -0.25) is 9.59 Å². The zero-order valence-electron chi connectivity index (χ0n) is 31.9. The van der Waals surface area contributed by atoms with Gasteiger partial charge in [-0.2, -0.15) is 0 Å². The highest BCUT2D eigenvalue weighted by Gasteiger charge is 2.23. The standard InChI is InChI=1S/C22H25ClO3.C11H13BrO2.C11H13ClO/c1-5-6-19(20(24)16-11-13-18(23)14-12-16)15-7-9-17(10-8-15)21(25)26-22(2,3)4;1-11(2,3)14-10(13)8-4-6-9(12)7-5-8;1-2-3-4-11(13)9-5-7-10(12)8-6-9/h7-14,19H,5-6H2,1-4H3;4-7H,1-3H3;5-8H,2-4H2,1H3. The monoisotopic (exact) mass is 824 g/mol. The van der Waals surface area contributed by atoms with E-state index in [1.165, 1.54) is 0 Å². The van der Waals surface area contributed by atoms with Gasteiger partial charge >= 0.3 is 11.9 Å². The number of ether oxygens (including phenoxy) is 2. The molecular formula is C44H51BrCl2O6. The number of esters is 2. The number of unbranched alkanes of at least 4 members (excludes halogenated alkanes) is 1. The van der Waals surface area contributed by atoms with Gasteiger partial charge in [-0.15, -0.1) is 0 Å². The average Bonchev–Trinajstić information content (AvgIpc) is 3.09. The Labute approximate surface area is 333 Å². The molecule has 0 N–H and O–H groups in total. The van der Waals surface area contributed by atoms with Crippen LogP contribution in [0.3, 0.4) is 0 Å². The molecule has 1 unspecified atom stereocenters. The third-order valence-electron chi connectivity index (χ3n) is 7.37. The number of carbonyl (C=O) groups is 4. The molecule has 1 atom stereocenters. The number of Topliss-reactive ketones (excluding diaryl/α,β-unsaturated/α-hetero) is 2. The fraction of sp³-hybridized carbons (Fsp3) is 0.364. The molecule has 6 nitrogen and oxygen atoms in total. The summed E-state index contributed by atoms with van der Waals surface area (Å²) in [5.41, 5.74) is 2.39. The fourth-order valence-corrected chi connectivity index (χ4v) is 5.30. The van der Waals surface area contributed by atoms with E-state index in [1.54, 1.807) is 72.8 Å². The summed E-state index contributed by atoms with van der Waals surface area (Å²) >= 11 is 14.9. The summed E-state index contributed by atoms with van der Waals surface area (Å²) in [6.45, 7) is 15.2. The van der Waals surface area contributed by atoms with Crippen molar-refractivity contribution in [3.05, 3.63) is 139 Å². The number of hydrogen-bond acceptors (Lipinski definition) is 6. The van der Waals surface area contributed by atoms with Crippen LogP contribution in [0.4, 0.5) is 0 Å². The molecule has 9 heteroatoms. The maximum atomic E-state index is 12.9. The van der Waals surface area contributed by atoms with E-state index in [2.05, 4.69) is 29.8 Å². The van der Waals surface area contributed by atoms with Crippen LogP contribution in [0.2, 0.25) is 10.0 Å². The molecule has 0 saturated heterocycles. The van der Waals surface area contributed by atoms with Crippen LogP contribution in [0, 0.1) is 0 Å². The van der Waals surface area contributed by atoms with E-state index < -0.39 is 11.2 Å². The Morgan fingerprint density at radius 3 is 1.38 bits per heavy atom. The number of hydrogen-bond donors (Lipinski definition) is 0. The molecule has 0 heterocycles. The Balaban J connectivity index is 0.000000303.